The summed E-state index contributed by atoms with van der Waals surface area (Å²) in [6, 6.07) is 3.64. The van der Waals surface area contributed by atoms with Gasteiger partial charge in [-0.05, 0) is 26.2 Å². The number of nitrogens with zero attached hydrogens (tertiary/aromatic N) is 4. The maximum absolute atomic E-state index is 5.62. The van der Waals surface area contributed by atoms with E-state index in [9.17, 15) is 0 Å². The maximum Gasteiger partial charge on any atom is 0.166 e. The average molecular weight is 232 g/mol. The summed E-state index contributed by atoms with van der Waals surface area (Å²) >= 11 is 0. The van der Waals surface area contributed by atoms with Crippen molar-refractivity contribution in [1.29, 1.82) is 0 Å². The molecule has 0 aliphatic rings. The molecule has 2 heterocycles. The van der Waals surface area contributed by atoms with Gasteiger partial charge in [-0.3, -0.25) is 0 Å². The summed E-state index contributed by atoms with van der Waals surface area (Å²) in [5.41, 5.74) is 6.23. The molecule has 6 heteroatoms. The Hall–Kier alpha value is -1.95. The molecule has 2 aromatic rings. The predicted octanol–water partition coefficient (Wildman–Crippen LogP) is 0.580. The molecule has 0 fully saturated rings. The molecular weight excluding hydrogens is 216 g/mol. The summed E-state index contributed by atoms with van der Waals surface area (Å²) in [5, 5.41) is 4.15. The number of nitrogens with one attached hydrogen (secondary N) is 1. The molecule has 0 saturated heterocycles. The largest absolute Gasteiger partial charge is 0.384 e. The van der Waals surface area contributed by atoms with Crippen molar-refractivity contribution in [3.63, 3.8) is 0 Å². The van der Waals surface area contributed by atoms with E-state index in [1.807, 2.05) is 20.2 Å². The number of likely N-dealkylation sites (N-methyl/N-ethyl adjacent to an activating group) is 1. The number of nitrogens with two attached hydrogens (primary N) is 1. The molecule has 3 N–H and O–H groups in total. The minimum Gasteiger partial charge on any atom is -0.384 e. The molecule has 0 saturated carbocycles. The van der Waals surface area contributed by atoms with E-state index >= 15 is 0 Å². The van der Waals surface area contributed by atoms with Gasteiger partial charge in [-0.25, -0.2) is 15.0 Å². The second-order valence-corrected chi connectivity index (χ2v) is 4.06. The molecule has 0 radical (unpaired) electrons. The van der Waals surface area contributed by atoms with Gasteiger partial charge in [0.2, 0.25) is 0 Å². The van der Waals surface area contributed by atoms with Crippen LogP contribution in [0.2, 0.25) is 0 Å². The molecule has 0 aliphatic carbocycles. The van der Waals surface area contributed by atoms with Crippen molar-refractivity contribution >= 4 is 22.7 Å². The van der Waals surface area contributed by atoms with E-state index in [0.717, 1.165) is 24.3 Å². The van der Waals surface area contributed by atoms with Gasteiger partial charge in [-0.1, -0.05) is 0 Å². The first-order valence-electron chi connectivity index (χ1n) is 5.42. The summed E-state index contributed by atoms with van der Waals surface area (Å²) in [6.07, 6.45) is 1.49. The van der Waals surface area contributed by atoms with Crippen LogP contribution in [0.4, 0.5) is 11.6 Å². The summed E-state index contributed by atoms with van der Waals surface area (Å²) in [4.78, 5) is 14.6. The summed E-state index contributed by atoms with van der Waals surface area (Å²) in [7, 11) is 4.06. The molecular formula is C11H16N6. The number of aromatic nitrogens is 3. The second-order valence-electron chi connectivity index (χ2n) is 4.06. The van der Waals surface area contributed by atoms with E-state index < -0.39 is 0 Å². The topological polar surface area (TPSA) is 80.0 Å². The van der Waals surface area contributed by atoms with E-state index in [-0.39, 0.29) is 0 Å². The van der Waals surface area contributed by atoms with Crippen molar-refractivity contribution in [1.82, 2.24) is 19.9 Å². The lowest BCUT2D eigenvalue weighted by molar-refractivity contribution is 0.425. The Labute approximate surface area is 99.9 Å². The third kappa shape index (κ3) is 2.79. The van der Waals surface area contributed by atoms with Gasteiger partial charge in [0.25, 0.3) is 0 Å². The van der Waals surface area contributed by atoms with Crippen LogP contribution in [-0.2, 0) is 0 Å². The third-order valence-electron chi connectivity index (χ3n) is 2.37. The van der Waals surface area contributed by atoms with E-state index in [4.69, 9.17) is 5.73 Å². The lowest BCUT2D eigenvalue weighted by atomic mass is 10.3. The quantitative estimate of drug-likeness (QED) is 0.802. The molecule has 2 rings (SSSR count). The van der Waals surface area contributed by atoms with Crippen molar-refractivity contribution in [2.24, 2.45) is 0 Å². The normalized spacial score (nSPS) is 11.0. The van der Waals surface area contributed by atoms with E-state index in [0.29, 0.717) is 11.5 Å². The van der Waals surface area contributed by atoms with Gasteiger partial charge in [0.05, 0.1) is 5.39 Å². The van der Waals surface area contributed by atoms with Gasteiger partial charge >= 0.3 is 0 Å². The zero-order valence-corrected chi connectivity index (χ0v) is 10.0. The number of hydrogen-bond acceptors (Lipinski definition) is 6. The van der Waals surface area contributed by atoms with Gasteiger partial charge in [0.1, 0.15) is 18.0 Å². The van der Waals surface area contributed by atoms with E-state index in [1.165, 1.54) is 6.33 Å². The number of fused-ring (bicyclic) bond motifs is 1. The summed E-state index contributed by atoms with van der Waals surface area (Å²) < 4.78 is 0. The predicted molar refractivity (Wildman–Crippen MR) is 68.8 cm³/mol. The van der Waals surface area contributed by atoms with Crippen LogP contribution < -0.4 is 11.1 Å². The van der Waals surface area contributed by atoms with Crippen LogP contribution in [0, 0.1) is 0 Å². The Balaban J connectivity index is 2.22. The molecule has 0 atom stereocenters. The Morgan fingerprint density at radius 1 is 1.29 bits per heavy atom. The van der Waals surface area contributed by atoms with Crippen molar-refractivity contribution < 1.29 is 0 Å². The van der Waals surface area contributed by atoms with E-state index in [1.54, 1.807) is 6.07 Å². The zero-order chi connectivity index (χ0) is 12.3. The van der Waals surface area contributed by atoms with Crippen molar-refractivity contribution in [2.45, 2.75) is 0 Å². The fourth-order valence-electron chi connectivity index (χ4n) is 1.50. The van der Waals surface area contributed by atoms with Crippen molar-refractivity contribution in [2.75, 3.05) is 38.2 Å². The SMILES string of the molecule is CN(C)CCNc1ncnc2nc(N)ccc12. The van der Waals surface area contributed by atoms with Crippen LogP contribution in [0.5, 0.6) is 0 Å². The average Bonchev–Trinajstić information content (AvgIpc) is 2.28. The van der Waals surface area contributed by atoms with Gasteiger partial charge in [-0.2, -0.15) is 0 Å². The minimum absolute atomic E-state index is 0.468. The standard InChI is InChI=1S/C11H16N6/c1-17(2)6-5-13-10-8-3-4-9(12)16-11(8)15-7-14-10/h3-4,7H,5-6H2,1-2H3,(H3,12,13,14,15,16). The van der Waals surface area contributed by atoms with Crippen molar-refractivity contribution in [3.8, 4) is 0 Å². The Bertz CT molecular complexity index is 510. The minimum atomic E-state index is 0.468. The molecule has 0 amide bonds. The molecule has 0 bridgehead atoms. The van der Waals surface area contributed by atoms with Gasteiger partial charge in [0, 0.05) is 13.1 Å². The van der Waals surface area contributed by atoms with Gasteiger partial charge in [-0.15, -0.1) is 0 Å². The number of hydrogen-bond donors (Lipinski definition) is 2. The summed E-state index contributed by atoms with van der Waals surface area (Å²) in [6.45, 7) is 1.76. The number of nitrogen functional groups attached to an aromatic ring is 1. The number of rotatable bonds is 4. The molecule has 2 aromatic heterocycles. The zero-order valence-electron chi connectivity index (χ0n) is 10.0. The highest BCUT2D eigenvalue weighted by molar-refractivity contribution is 5.86. The Morgan fingerprint density at radius 2 is 2.12 bits per heavy atom. The van der Waals surface area contributed by atoms with Gasteiger partial charge < -0.3 is 16.0 Å². The summed E-state index contributed by atoms with van der Waals surface area (Å²) in [5.74, 6) is 1.26. The molecule has 90 valence electrons. The van der Waals surface area contributed by atoms with E-state index in [2.05, 4.69) is 25.2 Å². The third-order valence-corrected chi connectivity index (χ3v) is 2.37. The molecule has 0 aliphatic heterocycles. The van der Waals surface area contributed by atoms with Crippen LogP contribution in [0.15, 0.2) is 18.5 Å². The molecule has 0 unspecified atom stereocenters. The lowest BCUT2D eigenvalue weighted by Crippen LogP contribution is -2.21. The molecule has 0 spiro atoms. The maximum atomic E-state index is 5.62. The highest BCUT2D eigenvalue weighted by atomic mass is 15.1. The molecule has 6 nitrogen and oxygen atoms in total. The smallest absolute Gasteiger partial charge is 0.166 e. The first kappa shape index (κ1) is 11.5. The highest BCUT2D eigenvalue weighted by Gasteiger charge is 2.04. The Kier molecular flexibility index (Phi) is 3.34. The van der Waals surface area contributed by atoms with Crippen molar-refractivity contribution in [3.05, 3.63) is 18.5 Å². The van der Waals surface area contributed by atoms with Crippen LogP contribution in [0.1, 0.15) is 0 Å². The van der Waals surface area contributed by atoms with Gasteiger partial charge in [0.15, 0.2) is 5.65 Å². The highest BCUT2D eigenvalue weighted by Crippen LogP contribution is 2.17. The Morgan fingerprint density at radius 3 is 2.88 bits per heavy atom. The van der Waals surface area contributed by atoms with Crippen LogP contribution in [-0.4, -0.2) is 47.0 Å². The first-order chi connectivity index (χ1) is 8.16. The first-order valence-corrected chi connectivity index (χ1v) is 5.42. The van der Waals surface area contributed by atoms with Crippen LogP contribution in [0.25, 0.3) is 11.0 Å². The lowest BCUT2D eigenvalue weighted by Gasteiger charge is -2.11. The fourth-order valence-corrected chi connectivity index (χ4v) is 1.50. The molecule has 0 aromatic carbocycles. The molecule has 17 heavy (non-hydrogen) atoms. The number of anilines is 2. The second kappa shape index (κ2) is 4.92. The monoisotopic (exact) mass is 232 g/mol. The fraction of sp³-hybridized carbons (Fsp3) is 0.364. The van der Waals surface area contributed by atoms with Crippen LogP contribution >= 0.6 is 0 Å². The van der Waals surface area contributed by atoms with Crippen LogP contribution in [0.3, 0.4) is 0 Å². The number of pyridine rings is 1.